The Bertz CT molecular complexity index is 979. The number of methoxy groups -OCH3 is 1. The smallest absolute Gasteiger partial charge is 0.254 e. The first-order valence-corrected chi connectivity index (χ1v) is 11.4. The number of carbonyl (C=O) groups is 1. The molecule has 4 nitrogen and oxygen atoms in total. The average molecular weight is 439 g/mol. The van der Waals surface area contributed by atoms with Gasteiger partial charge in [0.1, 0.15) is 16.6 Å². The maximum atomic E-state index is 13.0. The van der Waals surface area contributed by atoms with Crippen LogP contribution in [0.15, 0.2) is 71.9 Å². The number of aryl methyl sites for hydroxylation is 2. The molecule has 0 saturated carbocycles. The first-order valence-electron chi connectivity index (χ1n) is 10.4. The quantitative estimate of drug-likeness (QED) is 0.325. The zero-order valence-corrected chi connectivity index (χ0v) is 18.5. The van der Waals surface area contributed by atoms with Crippen LogP contribution in [0.3, 0.4) is 0 Å². The minimum Gasteiger partial charge on any atom is -0.496 e. The number of hydrogen-bond donors (Lipinski definition) is 1. The molecule has 0 spiro atoms. The Morgan fingerprint density at radius 3 is 2.65 bits per heavy atom. The van der Waals surface area contributed by atoms with E-state index in [4.69, 9.17) is 4.74 Å². The number of aromatic nitrogens is 1. The minimum atomic E-state index is -0.217. The molecule has 0 unspecified atom stereocenters. The number of rotatable bonds is 11. The number of carbonyl (C=O) groups excluding carboxylic acids is 1. The number of hydrogen-bond acceptors (Lipinski definition) is 4. The van der Waals surface area contributed by atoms with Gasteiger partial charge in [-0.2, -0.15) is 0 Å². The molecular formula is C25H27FN2O2S. The Balaban J connectivity index is 1.45. The highest BCUT2D eigenvalue weighted by atomic mass is 32.2. The Labute approximate surface area is 187 Å². The molecule has 1 aromatic heterocycles. The highest BCUT2D eigenvalue weighted by Gasteiger charge is 2.12. The molecule has 0 saturated heterocycles. The number of pyridine rings is 1. The molecule has 0 aliphatic heterocycles. The third-order valence-electron chi connectivity index (χ3n) is 4.88. The first kappa shape index (κ1) is 22.8. The molecule has 0 atom stereocenters. The second-order valence-corrected chi connectivity index (χ2v) is 8.19. The third-order valence-corrected chi connectivity index (χ3v) is 5.97. The van der Waals surface area contributed by atoms with Crippen molar-refractivity contribution in [2.24, 2.45) is 0 Å². The summed E-state index contributed by atoms with van der Waals surface area (Å²) in [6.07, 6.45) is 5.16. The second kappa shape index (κ2) is 12.1. The minimum absolute atomic E-state index is 0.103. The number of ether oxygens (including phenoxy) is 1. The molecular weight excluding hydrogens is 411 g/mol. The van der Waals surface area contributed by atoms with Crippen molar-refractivity contribution in [1.82, 2.24) is 10.3 Å². The molecule has 31 heavy (non-hydrogen) atoms. The van der Waals surface area contributed by atoms with Gasteiger partial charge in [-0.25, -0.2) is 9.37 Å². The van der Waals surface area contributed by atoms with E-state index in [0.29, 0.717) is 12.1 Å². The molecule has 3 rings (SSSR count). The van der Waals surface area contributed by atoms with Crippen molar-refractivity contribution in [2.75, 3.05) is 19.4 Å². The fourth-order valence-corrected chi connectivity index (χ4v) is 4.19. The van der Waals surface area contributed by atoms with Gasteiger partial charge in [-0.15, -0.1) is 11.8 Å². The summed E-state index contributed by atoms with van der Waals surface area (Å²) in [5.41, 5.74) is 2.85. The van der Waals surface area contributed by atoms with E-state index in [-0.39, 0.29) is 11.7 Å². The normalized spacial score (nSPS) is 10.6. The third kappa shape index (κ3) is 7.10. The maximum Gasteiger partial charge on any atom is 0.254 e. The standard InChI is InChI=1S/C25H27FN2O2S/c1-30-23-11-3-2-8-20(23)9-4-16-27-24(29)22-10-5-17-28-25(22)31-18-6-7-19-12-14-21(26)15-13-19/h2-3,5,8,10-15,17H,4,6-7,9,16,18H2,1H3,(H,27,29). The van der Waals surface area contributed by atoms with Crippen LogP contribution in [0.25, 0.3) is 0 Å². The Hall–Kier alpha value is -2.86. The summed E-state index contributed by atoms with van der Waals surface area (Å²) in [5.74, 6) is 1.39. The molecule has 162 valence electrons. The van der Waals surface area contributed by atoms with E-state index >= 15 is 0 Å². The number of halogens is 1. The second-order valence-electron chi connectivity index (χ2n) is 7.11. The van der Waals surface area contributed by atoms with Crippen molar-refractivity contribution in [3.8, 4) is 5.75 Å². The van der Waals surface area contributed by atoms with Crippen LogP contribution < -0.4 is 10.1 Å². The van der Waals surface area contributed by atoms with Crippen molar-refractivity contribution >= 4 is 17.7 Å². The number of nitrogens with one attached hydrogen (secondary N) is 1. The topological polar surface area (TPSA) is 51.2 Å². The number of benzene rings is 2. The lowest BCUT2D eigenvalue weighted by Crippen LogP contribution is -2.25. The predicted octanol–water partition coefficient (Wildman–Crippen LogP) is 5.32. The molecule has 0 radical (unpaired) electrons. The Kier molecular flexibility index (Phi) is 8.91. The van der Waals surface area contributed by atoms with Crippen LogP contribution in [0.2, 0.25) is 0 Å². The highest BCUT2D eigenvalue weighted by Crippen LogP contribution is 2.22. The fraction of sp³-hybridized carbons (Fsp3) is 0.280. The molecule has 6 heteroatoms. The van der Waals surface area contributed by atoms with Gasteiger partial charge < -0.3 is 10.1 Å². The summed E-state index contributed by atoms with van der Waals surface area (Å²) in [6, 6.07) is 18.1. The van der Waals surface area contributed by atoms with Crippen LogP contribution in [0, 0.1) is 5.82 Å². The van der Waals surface area contributed by atoms with Gasteiger partial charge in [0.15, 0.2) is 0 Å². The fourth-order valence-electron chi connectivity index (χ4n) is 3.26. The number of amides is 1. The van der Waals surface area contributed by atoms with E-state index in [0.717, 1.165) is 53.3 Å². The lowest BCUT2D eigenvalue weighted by atomic mass is 10.1. The van der Waals surface area contributed by atoms with E-state index in [1.54, 1.807) is 31.1 Å². The molecule has 0 fully saturated rings. The van der Waals surface area contributed by atoms with Crippen LogP contribution >= 0.6 is 11.8 Å². The molecule has 1 heterocycles. The molecule has 3 aromatic rings. The number of nitrogens with zero attached hydrogens (tertiary/aromatic N) is 1. The highest BCUT2D eigenvalue weighted by molar-refractivity contribution is 7.99. The van der Waals surface area contributed by atoms with Gasteiger partial charge in [0, 0.05) is 12.7 Å². The van der Waals surface area contributed by atoms with Gasteiger partial charge in [-0.3, -0.25) is 4.79 Å². The van der Waals surface area contributed by atoms with Gasteiger partial charge in [0.2, 0.25) is 0 Å². The van der Waals surface area contributed by atoms with E-state index in [9.17, 15) is 9.18 Å². The molecule has 1 amide bonds. The van der Waals surface area contributed by atoms with Crippen LogP contribution in [0.1, 0.15) is 34.3 Å². The van der Waals surface area contributed by atoms with Crippen molar-refractivity contribution in [3.05, 3.63) is 89.4 Å². The summed E-state index contributed by atoms with van der Waals surface area (Å²) >= 11 is 1.58. The lowest BCUT2D eigenvalue weighted by Gasteiger charge is -2.10. The maximum absolute atomic E-state index is 13.0. The predicted molar refractivity (Wildman–Crippen MR) is 123 cm³/mol. The van der Waals surface area contributed by atoms with Gasteiger partial charge in [0.25, 0.3) is 5.91 Å². The molecule has 0 aliphatic carbocycles. The van der Waals surface area contributed by atoms with Crippen molar-refractivity contribution in [1.29, 1.82) is 0 Å². The largest absolute Gasteiger partial charge is 0.496 e. The zero-order chi connectivity index (χ0) is 21.9. The SMILES string of the molecule is COc1ccccc1CCCNC(=O)c1cccnc1SCCCc1ccc(F)cc1. The summed E-state index contributed by atoms with van der Waals surface area (Å²) in [6.45, 7) is 0.584. The summed E-state index contributed by atoms with van der Waals surface area (Å²) in [5, 5.41) is 3.74. The molecule has 0 aliphatic rings. The van der Waals surface area contributed by atoms with Crippen LogP contribution in [0.5, 0.6) is 5.75 Å². The Morgan fingerprint density at radius 2 is 1.84 bits per heavy atom. The van der Waals surface area contributed by atoms with Crippen LogP contribution in [-0.2, 0) is 12.8 Å². The molecule has 1 N–H and O–H groups in total. The number of thioether (sulfide) groups is 1. The van der Waals surface area contributed by atoms with Gasteiger partial charge in [-0.05, 0) is 72.9 Å². The number of para-hydroxylation sites is 1. The van der Waals surface area contributed by atoms with Crippen molar-refractivity contribution in [2.45, 2.75) is 30.7 Å². The van der Waals surface area contributed by atoms with E-state index < -0.39 is 0 Å². The summed E-state index contributed by atoms with van der Waals surface area (Å²) < 4.78 is 18.4. The summed E-state index contributed by atoms with van der Waals surface area (Å²) in [7, 11) is 1.67. The van der Waals surface area contributed by atoms with E-state index in [2.05, 4.69) is 10.3 Å². The van der Waals surface area contributed by atoms with Crippen molar-refractivity contribution in [3.63, 3.8) is 0 Å². The summed E-state index contributed by atoms with van der Waals surface area (Å²) in [4.78, 5) is 17.1. The van der Waals surface area contributed by atoms with Crippen LogP contribution in [-0.4, -0.2) is 30.3 Å². The van der Waals surface area contributed by atoms with Crippen LogP contribution in [0.4, 0.5) is 4.39 Å². The van der Waals surface area contributed by atoms with E-state index in [1.165, 1.54) is 12.1 Å². The van der Waals surface area contributed by atoms with E-state index in [1.807, 2.05) is 42.5 Å². The van der Waals surface area contributed by atoms with Gasteiger partial charge in [0.05, 0.1) is 12.7 Å². The van der Waals surface area contributed by atoms with Gasteiger partial charge in [-0.1, -0.05) is 30.3 Å². The van der Waals surface area contributed by atoms with Crippen molar-refractivity contribution < 1.29 is 13.9 Å². The first-order chi connectivity index (χ1) is 15.2. The molecule has 2 aromatic carbocycles. The average Bonchev–Trinajstić information content (AvgIpc) is 2.81. The van der Waals surface area contributed by atoms with Gasteiger partial charge >= 0.3 is 0 Å². The lowest BCUT2D eigenvalue weighted by molar-refractivity contribution is 0.0949. The molecule has 0 bridgehead atoms. The zero-order valence-electron chi connectivity index (χ0n) is 17.6. The monoisotopic (exact) mass is 438 g/mol. The Morgan fingerprint density at radius 1 is 1.03 bits per heavy atom.